The average Bonchev–Trinajstić information content (AvgIpc) is 3.07. The molecule has 1 aliphatic rings. The molecule has 1 heterocycles. The number of aromatic amines is 1. The number of aliphatic carboxylic acids is 1. The molecular weight excluding hydrogens is 242 g/mol. The van der Waals surface area contributed by atoms with Gasteiger partial charge in [-0.2, -0.15) is 0 Å². The average molecular weight is 259 g/mol. The van der Waals surface area contributed by atoms with Crippen LogP contribution >= 0.6 is 0 Å². The number of benzene rings is 1. The van der Waals surface area contributed by atoms with Gasteiger partial charge in [0.25, 0.3) is 0 Å². The number of aromatic nitrogens is 2. The fraction of sp³-hybridized carbons (Fsp3) is 0.429. The second-order valence-electron chi connectivity index (χ2n) is 5.28. The summed E-state index contributed by atoms with van der Waals surface area (Å²) in [5.74, 6) is 0.153. The van der Waals surface area contributed by atoms with Gasteiger partial charge in [0.1, 0.15) is 5.82 Å². The Morgan fingerprint density at radius 2 is 2.26 bits per heavy atom. The van der Waals surface area contributed by atoms with Crippen molar-refractivity contribution in [2.75, 3.05) is 7.05 Å². The molecule has 1 atom stereocenters. The quantitative estimate of drug-likeness (QED) is 0.784. The molecule has 0 amide bonds. The van der Waals surface area contributed by atoms with Gasteiger partial charge in [0.15, 0.2) is 0 Å². The lowest BCUT2D eigenvalue weighted by Gasteiger charge is -2.23. The Morgan fingerprint density at radius 1 is 1.53 bits per heavy atom. The van der Waals surface area contributed by atoms with Crippen LogP contribution in [0.3, 0.4) is 0 Å². The lowest BCUT2D eigenvalue weighted by atomic mass is 9.90. The van der Waals surface area contributed by atoms with Crippen molar-refractivity contribution < 1.29 is 9.90 Å². The molecule has 1 saturated carbocycles. The number of nitrogens with zero attached hydrogens (tertiary/aromatic N) is 1. The van der Waals surface area contributed by atoms with Crippen molar-refractivity contribution in [2.45, 2.75) is 25.8 Å². The topological polar surface area (TPSA) is 78.0 Å². The van der Waals surface area contributed by atoms with Gasteiger partial charge in [0.05, 0.1) is 16.4 Å². The molecule has 0 aliphatic heterocycles. The van der Waals surface area contributed by atoms with E-state index in [4.69, 9.17) is 0 Å². The van der Waals surface area contributed by atoms with Gasteiger partial charge in [0.2, 0.25) is 0 Å². The smallest absolute Gasteiger partial charge is 0.311 e. The molecule has 1 aliphatic carbocycles. The standard InChI is InChI=1S/C14H17N3O2/c1-8-16-10-4-3-9(7-11(10)17-8)12(15-2)14(5-6-14)13(18)19/h3-4,7,12,15H,5-6H2,1-2H3,(H,16,17)(H,18,19). The number of nitrogens with one attached hydrogen (secondary N) is 2. The first kappa shape index (κ1) is 12.2. The molecule has 0 bridgehead atoms. The highest BCUT2D eigenvalue weighted by molar-refractivity contribution is 5.80. The van der Waals surface area contributed by atoms with Gasteiger partial charge in [-0.25, -0.2) is 4.98 Å². The van der Waals surface area contributed by atoms with Crippen LogP contribution in [0.4, 0.5) is 0 Å². The van der Waals surface area contributed by atoms with E-state index in [2.05, 4.69) is 15.3 Å². The largest absolute Gasteiger partial charge is 0.481 e. The van der Waals surface area contributed by atoms with Crippen LogP contribution in [0.15, 0.2) is 18.2 Å². The van der Waals surface area contributed by atoms with Crippen molar-refractivity contribution in [3.63, 3.8) is 0 Å². The maximum atomic E-state index is 11.5. The molecule has 1 unspecified atom stereocenters. The van der Waals surface area contributed by atoms with Crippen molar-refractivity contribution in [1.82, 2.24) is 15.3 Å². The van der Waals surface area contributed by atoms with Crippen LogP contribution in [-0.4, -0.2) is 28.1 Å². The second-order valence-corrected chi connectivity index (χ2v) is 5.28. The Morgan fingerprint density at radius 3 is 2.84 bits per heavy atom. The molecule has 1 aromatic heterocycles. The molecule has 5 nitrogen and oxygen atoms in total. The summed E-state index contributed by atoms with van der Waals surface area (Å²) in [7, 11) is 1.82. The molecule has 2 aromatic rings. The Hall–Kier alpha value is -1.88. The first-order chi connectivity index (χ1) is 9.06. The monoisotopic (exact) mass is 259 g/mol. The summed E-state index contributed by atoms with van der Waals surface area (Å²) in [6.07, 6.45) is 1.46. The summed E-state index contributed by atoms with van der Waals surface area (Å²) in [6, 6.07) is 5.75. The molecular formula is C14H17N3O2. The maximum absolute atomic E-state index is 11.5. The van der Waals surface area contributed by atoms with Crippen LogP contribution in [0, 0.1) is 12.3 Å². The number of fused-ring (bicyclic) bond motifs is 1. The molecule has 1 fully saturated rings. The van der Waals surface area contributed by atoms with Gasteiger partial charge in [-0.05, 0) is 44.5 Å². The van der Waals surface area contributed by atoms with Crippen molar-refractivity contribution in [3.05, 3.63) is 29.6 Å². The van der Waals surface area contributed by atoms with Gasteiger partial charge in [-0.15, -0.1) is 0 Å². The molecule has 0 radical (unpaired) electrons. The lowest BCUT2D eigenvalue weighted by molar-refractivity contribution is -0.144. The molecule has 19 heavy (non-hydrogen) atoms. The normalized spacial score (nSPS) is 18.4. The minimum absolute atomic E-state index is 0.155. The highest BCUT2D eigenvalue weighted by Gasteiger charge is 2.56. The number of hydrogen-bond donors (Lipinski definition) is 3. The van der Waals surface area contributed by atoms with Gasteiger partial charge in [-0.1, -0.05) is 6.07 Å². The van der Waals surface area contributed by atoms with E-state index in [1.807, 2.05) is 32.2 Å². The predicted octanol–water partition coefficient (Wildman–Crippen LogP) is 2.00. The third-order valence-electron chi connectivity index (χ3n) is 4.01. The van der Waals surface area contributed by atoms with Crippen molar-refractivity contribution in [3.8, 4) is 0 Å². The number of aryl methyl sites for hydroxylation is 1. The number of carboxylic acid groups (broad SMARTS) is 1. The lowest BCUT2D eigenvalue weighted by Crippen LogP contribution is -2.32. The number of H-pyrrole nitrogens is 1. The summed E-state index contributed by atoms with van der Waals surface area (Å²) in [5.41, 5.74) is 2.23. The molecule has 5 heteroatoms. The van der Waals surface area contributed by atoms with E-state index in [9.17, 15) is 9.90 Å². The number of imidazole rings is 1. The number of carboxylic acids is 1. The van der Waals surface area contributed by atoms with E-state index in [0.717, 1.165) is 35.3 Å². The number of hydrogen-bond acceptors (Lipinski definition) is 3. The minimum Gasteiger partial charge on any atom is -0.481 e. The summed E-state index contributed by atoms with van der Waals surface area (Å²) in [5, 5.41) is 12.6. The molecule has 3 rings (SSSR count). The summed E-state index contributed by atoms with van der Waals surface area (Å²) in [6.45, 7) is 1.91. The fourth-order valence-electron chi connectivity index (χ4n) is 2.86. The van der Waals surface area contributed by atoms with Crippen LogP contribution in [0.2, 0.25) is 0 Å². The van der Waals surface area contributed by atoms with E-state index in [1.165, 1.54) is 0 Å². The van der Waals surface area contributed by atoms with Crippen LogP contribution in [0.1, 0.15) is 30.3 Å². The fourth-order valence-corrected chi connectivity index (χ4v) is 2.86. The molecule has 0 saturated heterocycles. The number of rotatable bonds is 4. The molecule has 3 N–H and O–H groups in total. The highest BCUT2D eigenvalue weighted by Crippen LogP contribution is 2.55. The second kappa shape index (κ2) is 4.06. The van der Waals surface area contributed by atoms with Crippen LogP contribution < -0.4 is 5.32 Å². The maximum Gasteiger partial charge on any atom is 0.311 e. The van der Waals surface area contributed by atoms with Crippen molar-refractivity contribution >= 4 is 17.0 Å². The van der Waals surface area contributed by atoms with E-state index in [0.29, 0.717) is 0 Å². The van der Waals surface area contributed by atoms with Gasteiger partial charge < -0.3 is 15.4 Å². The first-order valence-electron chi connectivity index (χ1n) is 6.44. The summed E-state index contributed by atoms with van der Waals surface area (Å²) >= 11 is 0. The van der Waals surface area contributed by atoms with Gasteiger partial charge >= 0.3 is 5.97 Å². The third kappa shape index (κ3) is 1.81. The molecule has 0 spiro atoms. The van der Waals surface area contributed by atoms with E-state index >= 15 is 0 Å². The van der Waals surface area contributed by atoms with Gasteiger partial charge in [-0.3, -0.25) is 4.79 Å². The Labute approximate surface area is 111 Å². The van der Waals surface area contributed by atoms with Crippen LogP contribution in [0.5, 0.6) is 0 Å². The van der Waals surface area contributed by atoms with Crippen LogP contribution in [-0.2, 0) is 4.79 Å². The zero-order valence-corrected chi connectivity index (χ0v) is 11.0. The van der Waals surface area contributed by atoms with E-state index in [1.54, 1.807) is 0 Å². The summed E-state index contributed by atoms with van der Waals surface area (Å²) < 4.78 is 0. The SMILES string of the molecule is CNC(c1ccc2nc(C)[nH]c2c1)C1(C(=O)O)CC1. The Kier molecular flexibility index (Phi) is 2.60. The number of carbonyl (C=O) groups is 1. The Bertz CT molecular complexity index is 643. The summed E-state index contributed by atoms with van der Waals surface area (Å²) in [4.78, 5) is 19.0. The first-order valence-corrected chi connectivity index (χ1v) is 6.44. The highest BCUT2D eigenvalue weighted by atomic mass is 16.4. The minimum atomic E-state index is -0.715. The zero-order valence-electron chi connectivity index (χ0n) is 11.0. The molecule has 100 valence electrons. The van der Waals surface area contributed by atoms with E-state index in [-0.39, 0.29) is 6.04 Å². The third-order valence-corrected chi connectivity index (χ3v) is 4.01. The van der Waals surface area contributed by atoms with Gasteiger partial charge in [0, 0.05) is 6.04 Å². The Balaban J connectivity index is 2.04. The van der Waals surface area contributed by atoms with E-state index < -0.39 is 11.4 Å². The van der Waals surface area contributed by atoms with Crippen molar-refractivity contribution in [1.29, 1.82) is 0 Å². The zero-order chi connectivity index (χ0) is 13.6. The predicted molar refractivity (Wildman–Crippen MR) is 71.9 cm³/mol. The molecule has 1 aromatic carbocycles. The van der Waals surface area contributed by atoms with Crippen molar-refractivity contribution in [2.24, 2.45) is 5.41 Å². The van der Waals surface area contributed by atoms with Crippen LogP contribution in [0.25, 0.3) is 11.0 Å².